The molecule has 1 aromatic rings. The minimum absolute atomic E-state index is 0.168. The molecule has 1 aromatic heterocycles. The lowest BCUT2D eigenvalue weighted by Gasteiger charge is -2.14. The van der Waals surface area contributed by atoms with Crippen LogP contribution in [0.25, 0.3) is 0 Å². The highest BCUT2D eigenvalue weighted by Crippen LogP contribution is 2.13. The molecule has 5 nitrogen and oxygen atoms in total. The van der Waals surface area contributed by atoms with Crippen LogP contribution in [0.15, 0.2) is 0 Å². The molecule has 0 aromatic carbocycles. The molecule has 2 heterocycles. The first-order chi connectivity index (χ1) is 6.92. The molecule has 0 amide bonds. The van der Waals surface area contributed by atoms with Crippen molar-refractivity contribution in [2.45, 2.75) is 32.4 Å². The molecule has 78 valence electrons. The van der Waals surface area contributed by atoms with Gasteiger partial charge in [0, 0.05) is 19.5 Å². The third-order valence-electron chi connectivity index (χ3n) is 2.51. The predicted octanol–water partition coefficient (Wildman–Crippen LogP) is -0.304. The number of aliphatic hydroxyl groups excluding tert-OH is 1. The number of aryl methyl sites for hydroxylation is 1. The van der Waals surface area contributed by atoms with Crippen LogP contribution in [0.4, 0.5) is 0 Å². The largest absolute Gasteiger partial charge is 0.395 e. The summed E-state index contributed by atoms with van der Waals surface area (Å²) in [5, 5.41) is 20.0. The highest BCUT2D eigenvalue weighted by molar-refractivity contribution is 4.98. The Kier molecular flexibility index (Phi) is 3.10. The average molecular weight is 196 g/mol. The van der Waals surface area contributed by atoms with Crippen molar-refractivity contribution in [2.24, 2.45) is 0 Å². The maximum absolute atomic E-state index is 8.63. The number of fused-ring (bicyclic) bond motifs is 1. The van der Waals surface area contributed by atoms with Crippen LogP contribution in [0.5, 0.6) is 0 Å². The third-order valence-corrected chi connectivity index (χ3v) is 2.51. The number of aliphatic hydroxyl groups is 1. The molecular formula is C9H16N4O. The van der Waals surface area contributed by atoms with Gasteiger partial charge in [0.15, 0.2) is 0 Å². The highest BCUT2D eigenvalue weighted by atomic mass is 16.3. The number of hydrogen-bond donors (Lipinski definition) is 2. The standard InChI is InChI=1S/C9H16N4O/c14-6-4-10-7-9-12-11-8-3-1-2-5-13(8)9/h10,14H,1-7H2. The first kappa shape index (κ1) is 9.61. The van der Waals surface area contributed by atoms with E-state index in [4.69, 9.17) is 5.11 Å². The van der Waals surface area contributed by atoms with Gasteiger partial charge in [0.2, 0.25) is 0 Å². The second-order valence-electron chi connectivity index (χ2n) is 3.54. The van der Waals surface area contributed by atoms with Gasteiger partial charge in [0.25, 0.3) is 0 Å². The maximum Gasteiger partial charge on any atom is 0.147 e. The molecule has 0 spiro atoms. The van der Waals surface area contributed by atoms with Crippen LogP contribution in [-0.2, 0) is 19.5 Å². The highest BCUT2D eigenvalue weighted by Gasteiger charge is 2.14. The third kappa shape index (κ3) is 1.93. The Morgan fingerprint density at radius 2 is 2.29 bits per heavy atom. The van der Waals surface area contributed by atoms with Crippen molar-refractivity contribution >= 4 is 0 Å². The van der Waals surface area contributed by atoms with Crippen molar-refractivity contribution in [3.63, 3.8) is 0 Å². The van der Waals surface area contributed by atoms with E-state index in [1.165, 1.54) is 12.8 Å². The quantitative estimate of drug-likeness (QED) is 0.649. The van der Waals surface area contributed by atoms with Crippen LogP contribution in [0.1, 0.15) is 24.5 Å². The van der Waals surface area contributed by atoms with Gasteiger partial charge in [-0.3, -0.25) is 0 Å². The van der Waals surface area contributed by atoms with Crippen molar-refractivity contribution in [3.05, 3.63) is 11.6 Å². The van der Waals surface area contributed by atoms with E-state index in [9.17, 15) is 0 Å². The Labute approximate surface area is 83.2 Å². The Balaban J connectivity index is 1.99. The topological polar surface area (TPSA) is 63.0 Å². The molecule has 14 heavy (non-hydrogen) atoms. The molecule has 0 aliphatic carbocycles. The number of nitrogens with one attached hydrogen (secondary N) is 1. The minimum Gasteiger partial charge on any atom is -0.395 e. The SMILES string of the molecule is OCCNCc1nnc2n1CCCC2. The zero-order valence-corrected chi connectivity index (χ0v) is 8.24. The molecule has 2 rings (SSSR count). The zero-order chi connectivity index (χ0) is 9.80. The van der Waals surface area contributed by atoms with E-state index < -0.39 is 0 Å². The summed E-state index contributed by atoms with van der Waals surface area (Å²) in [5.74, 6) is 2.10. The molecule has 0 saturated carbocycles. The molecule has 0 saturated heterocycles. The summed E-state index contributed by atoms with van der Waals surface area (Å²) in [7, 11) is 0. The van der Waals surface area contributed by atoms with Crippen LogP contribution in [0.3, 0.4) is 0 Å². The smallest absolute Gasteiger partial charge is 0.147 e. The summed E-state index contributed by atoms with van der Waals surface area (Å²) in [6.07, 6.45) is 3.49. The maximum atomic E-state index is 8.63. The lowest BCUT2D eigenvalue weighted by atomic mass is 10.2. The summed E-state index contributed by atoms with van der Waals surface area (Å²) in [4.78, 5) is 0. The van der Waals surface area contributed by atoms with E-state index in [0.29, 0.717) is 13.1 Å². The molecule has 1 aliphatic rings. The van der Waals surface area contributed by atoms with Crippen molar-refractivity contribution in [1.29, 1.82) is 0 Å². The fourth-order valence-corrected chi connectivity index (χ4v) is 1.78. The molecule has 2 N–H and O–H groups in total. The van der Waals surface area contributed by atoms with E-state index in [2.05, 4.69) is 20.1 Å². The first-order valence-corrected chi connectivity index (χ1v) is 5.14. The van der Waals surface area contributed by atoms with Crippen LogP contribution in [-0.4, -0.2) is 33.0 Å². The summed E-state index contributed by atoms with van der Waals surface area (Å²) in [5.41, 5.74) is 0. The molecule has 1 aliphatic heterocycles. The van der Waals surface area contributed by atoms with E-state index in [0.717, 1.165) is 24.6 Å². The van der Waals surface area contributed by atoms with Gasteiger partial charge < -0.3 is 15.0 Å². The monoisotopic (exact) mass is 196 g/mol. The van der Waals surface area contributed by atoms with Gasteiger partial charge in [0.05, 0.1) is 13.2 Å². The zero-order valence-electron chi connectivity index (χ0n) is 8.24. The molecule has 0 bridgehead atoms. The molecule has 0 radical (unpaired) electrons. The predicted molar refractivity (Wildman–Crippen MR) is 51.8 cm³/mol. The van der Waals surface area contributed by atoms with Gasteiger partial charge >= 0.3 is 0 Å². The summed E-state index contributed by atoms with van der Waals surface area (Å²) < 4.78 is 2.19. The Morgan fingerprint density at radius 1 is 1.36 bits per heavy atom. The molecule has 0 atom stereocenters. The lowest BCUT2D eigenvalue weighted by Crippen LogP contribution is -2.22. The Hall–Kier alpha value is -0.940. The van der Waals surface area contributed by atoms with Gasteiger partial charge in [-0.1, -0.05) is 0 Å². The fraction of sp³-hybridized carbons (Fsp3) is 0.778. The van der Waals surface area contributed by atoms with Gasteiger partial charge in [-0.2, -0.15) is 0 Å². The van der Waals surface area contributed by atoms with Gasteiger partial charge in [-0.05, 0) is 12.8 Å². The normalized spacial score (nSPS) is 15.5. The molecule has 0 fully saturated rings. The van der Waals surface area contributed by atoms with Crippen LogP contribution >= 0.6 is 0 Å². The summed E-state index contributed by atoms with van der Waals surface area (Å²) >= 11 is 0. The van der Waals surface area contributed by atoms with E-state index in [1.807, 2.05) is 0 Å². The van der Waals surface area contributed by atoms with E-state index in [1.54, 1.807) is 0 Å². The number of aromatic nitrogens is 3. The fourth-order valence-electron chi connectivity index (χ4n) is 1.78. The van der Waals surface area contributed by atoms with Crippen molar-refractivity contribution in [3.8, 4) is 0 Å². The van der Waals surface area contributed by atoms with Crippen molar-refractivity contribution in [1.82, 2.24) is 20.1 Å². The number of nitrogens with zero attached hydrogens (tertiary/aromatic N) is 3. The van der Waals surface area contributed by atoms with Crippen molar-refractivity contribution in [2.75, 3.05) is 13.2 Å². The average Bonchev–Trinajstić information content (AvgIpc) is 2.63. The number of rotatable bonds is 4. The number of hydrogen-bond acceptors (Lipinski definition) is 4. The second-order valence-corrected chi connectivity index (χ2v) is 3.54. The van der Waals surface area contributed by atoms with E-state index in [-0.39, 0.29) is 6.61 Å². The Bertz CT molecular complexity index is 297. The lowest BCUT2D eigenvalue weighted by molar-refractivity contribution is 0.291. The van der Waals surface area contributed by atoms with E-state index >= 15 is 0 Å². The van der Waals surface area contributed by atoms with Crippen LogP contribution < -0.4 is 5.32 Å². The first-order valence-electron chi connectivity index (χ1n) is 5.14. The van der Waals surface area contributed by atoms with Crippen LogP contribution in [0.2, 0.25) is 0 Å². The van der Waals surface area contributed by atoms with Gasteiger partial charge in [0.1, 0.15) is 11.6 Å². The molecule has 0 unspecified atom stereocenters. The molecule has 5 heteroatoms. The van der Waals surface area contributed by atoms with Crippen molar-refractivity contribution < 1.29 is 5.11 Å². The summed E-state index contributed by atoms with van der Waals surface area (Å²) in [6.45, 7) is 2.52. The molecular weight excluding hydrogens is 180 g/mol. The second kappa shape index (κ2) is 4.52. The van der Waals surface area contributed by atoms with Crippen LogP contribution in [0, 0.1) is 0 Å². The Morgan fingerprint density at radius 3 is 3.14 bits per heavy atom. The minimum atomic E-state index is 0.168. The van der Waals surface area contributed by atoms with Gasteiger partial charge in [-0.15, -0.1) is 10.2 Å². The summed E-state index contributed by atoms with van der Waals surface area (Å²) in [6, 6.07) is 0. The van der Waals surface area contributed by atoms with Gasteiger partial charge in [-0.25, -0.2) is 0 Å².